The minimum absolute atomic E-state index is 0.185. The lowest BCUT2D eigenvalue weighted by Crippen LogP contribution is -2.33. The first-order valence-corrected chi connectivity index (χ1v) is 11.4. The fourth-order valence-corrected chi connectivity index (χ4v) is 4.51. The standard InChI is InChI=1S/C24H26N2O3S/c1-18-17-22(15-16-23(18)25-24(27)21-11-7-4-8-12-21)30(28,29)26-19(2)13-14-20-9-5-3-6-10-20/h3-12,15-17,19,26H,13-14H2,1-2H3,(H,25,27)/t19-/m0/s1. The molecule has 6 heteroatoms. The van der Waals surface area contributed by atoms with E-state index in [2.05, 4.69) is 10.0 Å². The largest absolute Gasteiger partial charge is 0.322 e. The van der Waals surface area contributed by atoms with Gasteiger partial charge >= 0.3 is 0 Å². The van der Waals surface area contributed by atoms with Crippen LogP contribution in [0.5, 0.6) is 0 Å². The molecule has 3 rings (SSSR count). The van der Waals surface area contributed by atoms with Crippen LogP contribution < -0.4 is 10.0 Å². The summed E-state index contributed by atoms with van der Waals surface area (Å²) in [5, 5.41) is 2.83. The van der Waals surface area contributed by atoms with Crippen molar-refractivity contribution >= 4 is 21.6 Å². The third kappa shape index (κ3) is 5.78. The molecular weight excluding hydrogens is 396 g/mol. The average Bonchev–Trinajstić information content (AvgIpc) is 2.74. The Morgan fingerprint density at radius 1 is 0.933 bits per heavy atom. The third-order valence-electron chi connectivity index (χ3n) is 4.86. The molecule has 1 atom stereocenters. The second-order valence-corrected chi connectivity index (χ2v) is 9.06. The second-order valence-electron chi connectivity index (χ2n) is 7.34. The van der Waals surface area contributed by atoms with Crippen LogP contribution in [0.2, 0.25) is 0 Å². The smallest absolute Gasteiger partial charge is 0.255 e. The molecule has 0 aliphatic carbocycles. The van der Waals surface area contributed by atoms with Crippen LogP contribution in [0.15, 0.2) is 83.8 Å². The summed E-state index contributed by atoms with van der Waals surface area (Å²) >= 11 is 0. The quantitative estimate of drug-likeness (QED) is 0.559. The van der Waals surface area contributed by atoms with Crippen LogP contribution in [-0.2, 0) is 16.4 Å². The molecule has 0 fully saturated rings. The molecular formula is C24H26N2O3S. The zero-order valence-electron chi connectivity index (χ0n) is 17.1. The van der Waals surface area contributed by atoms with Crippen LogP contribution in [0.1, 0.15) is 34.8 Å². The Kier molecular flexibility index (Phi) is 7.03. The number of aryl methyl sites for hydroxylation is 2. The van der Waals surface area contributed by atoms with Gasteiger partial charge < -0.3 is 5.32 Å². The number of hydrogen-bond acceptors (Lipinski definition) is 3. The molecule has 1 amide bonds. The van der Waals surface area contributed by atoms with Crippen molar-refractivity contribution in [2.24, 2.45) is 0 Å². The summed E-state index contributed by atoms with van der Waals surface area (Å²) in [6.45, 7) is 3.64. The van der Waals surface area contributed by atoms with E-state index in [1.54, 1.807) is 43.3 Å². The van der Waals surface area contributed by atoms with Gasteiger partial charge in [-0.3, -0.25) is 4.79 Å². The SMILES string of the molecule is Cc1cc(S(=O)(=O)N[C@@H](C)CCc2ccccc2)ccc1NC(=O)c1ccccc1. The van der Waals surface area contributed by atoms with Crippen molar-refractivity contribution in [3.63, 3.8) is 0 Å². The molecule has 0 aromatic heterocycles. The van der Waals surface area contributed by atoms with E-state index in [-0.39, 0.29) is 16.8 Å². The summed E-state index contributed by atoms with van der Waals surface area (Å²) < 4.78 is 28.3. The fraction of sp³-hybridized carbons (Fsp3) is 0.208. The van der Waals surface area contributed by atoms with E-state index in [9.17, 15) is 13.2 Å². The number of rotatable bonds is 8. The summed E-state index contributed by atoms with van der Waals surface area (Å²) in [5.74, 6) is -0.234. The van der Waals surface area contributed by atoms with Crippen molar-refractivity contribution < 1.29 is 13.2 Å². The van der Waals surface area contributed by atoms with Crippen LogP contribution in [0.3, 0.4) is 0 Å². The molecule has 0 saturated carbocycles. The molecule has 5 nitrogen and oxygen atoms in total. The van der Waals surface area contributed by atoms with Crippen molar-refractivity contribution in [3.05, 3.63) is 95.6 Å². The third-order valence-corrected chi connectivity index (χ3v) is 6.44. The molecule has 3 aromatic carbocycles. The Bertz CT molecular complexity index is 1100. The second kappa shape index (κ2) is 9.69. The van der Waals surface area contributed by atoms with Gasteiger partial charge in [0.2, 0.25) is 10.0 Å². The van der Waals surface area contributed by atoms with E-state index >= 15 is 0 Å². The zero-order valence-corrected chi connectivity index (χ0v) is 17.9. The van der Waals surface area contributed by atoms with Crippen molar-refractivity contribution in [3.8, 4) is 0 Å². The molecule has 0 unspecified atom stereocenters. The fourth-order valence-electron chi connectivity index (χ4n) is 3.15. The molecule has 30 heavy (non-hydrogen) atoms. The van der Waals surface area contributed by atoms with Crippen molar-refractivity contribution in [1.29, 1.82) is 0 Å². The van der Waals surface area contributed by atoms with Gasteiger partial charge in [-0.1, -0.05) is 48.5 Å². The van der Waals surface area contributed by atoms with E-state index in [4.69, 9.17) is 0 Å². The highest BCUT2D eigenvalue weighted by Crippen LogP contribution is 2.21. The van der Waals surface area contributed by atoms with Gasteiger partial charge in [0.05, 0.1) is 4.90 Å². The molecule has 0 bridgehead atoms. The van der Waals surface area contributed by atoms with Crippen molar-refractivity contribution in [2.45, 2.75) is 37.6 Å². The van der Waals surface area contributed by atoms with Gasteiger partial charge in [-0.2, -0.15) is 0 Å². The van der Waals surface area contributed by atoms with Crippen LogP contribution in [0.4, 0.5) is 5.69 Å². The van der Waals surface area contributed by atoms with Gasteiger partial charge in [0.15, 0.2) is 0 Å². The molecule has 2 N–H and O–H groups in total. The minimum Gasteiger partial charge on any atom is -0.322 e. The zero-order chi connectivity index (χ0) is 21.6. The van der Waals surface area contributed by atoms with Crippen LogP contribution in [0, 0.1) is 6.92 Å². The normalized spacial score (nSPS) is 12.3. The summed E-state index contributed by atoms with van der Waals surface area (Å²) in [7, 11) is -3.65. The highest BCUT2D eigenvalue weighted by molar-refractivity contribution is 7.89. The Morgan fingerprint density at radius 3 is 2.20 bits per heavy atom. The molecule has 0 aliphatic rings. The molecule has 0 spiro atoms. The van der Waals surface area contributed by atoms with Gasteiger partial charge in [0, 0.05) is 17.3 Å². The number of nitrogens with one attached hydrogen (secondary N) is 2. The maximum atomic E-state index is 12.8. The summed E-state index contributed by atoms with van der Waals surface area (Å²) in [6.07, 6.45) is 1.50. The maximum Gasteiger partial charge on any atom is 0.255 e. The van der Waals surface area contributed by atoms with E-state index < -0.39 is 10.0 Å². The van der Waals surface area contributed by atoms with Crippen LogP contribution >= 0.6 is 0 Å². The molecule has 0 aliphatic heterocycles. The number of amides is 1. The highest BCUT2D eigenvalue weighted by Gasteiger charge is 2.18. The van der Waals surface area contributed by atoms with Gasteiger partial charge in [-0.15, -0.1) is 0 Å². The summed E-state index contributed by atoms with van der Waals surface area (Å²) in [4.78, 5) is 12.5. The highest BCUT2D eigenvalue weighted by atomic mass is 32.2. The van der Waals surface area contributed by atoms with E-state index in [0.717, 1.165) is 6.42 Å². The lowest BCUT2D eigenvalue weighted by Gasteiger charge is -2.16. The number of sulfonamides is 1. The maximum absolute atomic E-state index is 12.8. The number of benzene rings is 3. The van der Waals surface area contributed by atoms with Gasteiger partial charge in [-0.25, -0.2) is 13.1 Å². The van der Waals surface area contributed by atoms with Crippen LogP contribution in [0.25, 0.3) is 0 Å². The first kappa shape index (κ1) is 21.7. The number of carbonyl (C=O) groups is 1. The molecule has 0 heterocycles. The molecule has 3 aromatic rings. The van der Waals surface area contributed by atoms with Gasteiger partial charge in [0.1, 0.15) is 0 Å². The molecule has 0 saturated heterocycles. The first-order chi connectivity index (χ1) is 14.3. The van der Waals surface area contributed by atoms with Crippen molar-refractivity contribution in [2.75, 3.05) is 5.32 Å². The van der Waals surface area contributed by atoms with E-state index in [1.165, 1.54) is 11.6 Å². The topological polar surface area (TPSA) is 75.3 Å². The Morgan fingerprint density at radius 2 is 1.57 bits per heavy atom. The minimum atomic E-state index is -3.65. The average molecular weight is 423 g/mol. The Hall–Kier alpha value is -2.96. The number of carbonyl (C=O) groups excluding carboxylic acids is 1. The van der Waals surface area contributed by atoms with Crippen molar-refractivity contribution in [1.82, 2.24) is 4.72 Å². The number of anilines is 1. The Labute approximate surface area is 178 Å². The van der Waals surface area contributed by atoms with Gasteiger partial charge in [0.25, 0.3) is 5.91 Å². The predicted octanol–water partition coefficient (Wildman–Crippen LogP) is 4.55. The number of hydrogen-bond donors (Lipinski definition) is 2. The lowest BCUT2D eigenvalue weighted by molar-refractivity contribution is 0.102. The lowest BCUT2D eigenvalue weighted by atomic mass is 10.1. The van der Waals surface area contributed by atoms with Crippen LogP contribution in [-0.4, -0.2) is 20.4 Å². The molecule has 156 valence electrons. The Balaban J connectivity index is 1.64. The molecule has 0 radical (unpaired) electrons. The monoisotopic (exact) mass is 422 g/mol. The predicted molar refractivity (Wildman–Crippen MR) is 120 cm³/mol. The van der Waals surface area contributed by atoms with Gasteiger partial charge in [-0.05, 0) is 68.1 Å². The van der Waals surface area contributed by atoms with E-state index in [1.807, 2.05) is 43.3 Å². The first-order valence-electron chi connectivity index (χ1n) is 9.88. The summed E-state index contributed by atoms with van der Waals surface area (Å²) in [5.41, 5.74) is 2.99. The summed E-state index contributed by atoms with van der Waals surface area (Å²) in [6, 6.07) is 23.4. The van der Waals surface area contributed by atoms with E-state index in [0.29, 0.717) is 23.2 Å².